The summed E-state index contributed by atoms with van der Waals surface area (Å²) < 4.78 is 5.20. The van der Waals surface area contributed by atoms with E-state index in [4.69, 9.17) is 9.72 Å². The van der Waals surface area contributed by atoms with Crippen molar-refractivity contribution in [1.29, 1.82) is 0 Å². The zero-order chi connectivity index (χ0) is 20.4. The summed E-state index contributed by atoms with van der Waals surface area (Å²) in [6.07, 6.45) is 5.40. The van der Waals surface area contributed by atoms with Crippen LogP contribution < -0.4 is 4.90 Å². The number of hydrogen-bond acceptors (Lipinski definition) is 7. The average molecular weight is 412 g/mol. The molecule has 29 heavy (non-hydrogen) atoms. The summed E-state index contributed by atoms with van der Waals surface area (Å²) in [6.45, 7) is 5.82. The summed E-state index contributed by atoms with van der Waals surface area (Å²) in [5.74, 6) is 1.71. The van der Waals surface area contributed by atoms with Crippen LogP contribution in [0.1, 0.15) is 47.4 Å². The number of aromatic nitrogens is 4. The molecule has 1 N–H and O–H groups in total. The summed E-state index contributed by atoms with van der Waals surface area (Å²) in [5, 5.41) is 0.655. The van der Waals surface area contributed by atoms with Crippen LogP contribution in [-0.4, -0.2) is 51.9 Å². The molecule has 0 spiro atoms. The number of fused-ring (bicyclic) bond motifs is 1. The number of aryl methyl sites for hydroxylation is 1. The molecule has 7 nitrogen and oxygen atoms in total. The lowest BCUT2D eigenvalue weighted by Gasteiger charge is -2.32. The summed E-state index contributed by atoms with van der Waals surface area (Å²) in [5.41, 5.74) is 3.76. The molecule has 1 fully saturated rings. The minimum atomic E-state index is -0.370. The van der Waals surface area contributed by atoms with Gasteiger partial charge in [-0.05, 0) is 50.6 Å². The number of thioether (sulfide) groups is 1. The molecule has 0 atom stereocenters. The molecule has 1 aromatic carbocycles. The van der Waals surface area contributed by atoms with Gasteiger partial charge in [-0.3, -0.25) is 0 Å². The number of hydrogen-bond donors (Lipinski definition) is 1. The fraction of sp³-hybridized carbons (Fsp3) is 0.429. The van der Waals surface area contributed by atoms with Crippen LogP contribution in [0.15, 0.2) is 29.6 Å². The Kier molecular flexibility index (Phi) is 5.71. The standard InChI is InChI=1S/C21H25N5O2S/c1-4-28-20(27)15-12-22-21(29-3)25-19(15)26-9-7-14(8-10-26)18-23-16-6-5-13(2)11-17(16)24-18/h5-6,11-12,14H,4,7-10H2,1-3H3,(H,23,24). The van der Waals surface area contributed by atoms with Gasteiger partial charge in [0.1, 0.15) is 17.2 Å². The summed E-state index contributed by atoms with van der Waals surface area (Å²) in [6, 6.07) is 6.29. The van der Waals surface area contributed by atoms with E-state index < -0.39 is 0 Å². The maximum Gasteiger partial charge on any atom is 0.343 e. The van der Waals surface area contributed by atoms with Crippen LogP contribution in [0.25, 0.3) is 11.0 Å². The van der Waals surface area contributed by atoms with Gasteiger partial charge >= 0.3 is 5.97 Å². The summed E-state index contributed by atoms with van der Waals surface area (Å²) in [7, 11) is 0. The van der Waals surface area contributed by atoms with E-state index in [9.17, 15) is 4.79 Å². The fourth-order valence-corrected chi connectivity index (χ4v) is 4.09. The number of aromatic amines is 1. The molecule has 1 aliphatic rings. The van der Waals surface area contributed by atoms with E-state index in [0.717, 1.165) is 42.8 Å². The van der Waals surface area contributed by atoms with E-state index in [-0.39, 0.29) is 5.97 Å². The van der Waals surface area contributed by atoms with Crippen LogP contribution in [0.4, 0.5) is 5.82 Å². The van der Waals surface area contributed by atoms with Crippen molar-refractivity contribution in [2.45, 2.75) is 37.8 Å². The number of imidazole rings is 1. The van der Waals surface area contributed by atoms with Gasteiger partial charge < -0.3 is 14.6 Å². The molecule has 0 saturated carbocycles. The van der Waals surface area contributed by atoms with E-state index in [1.54, 1.807) is 13.1 Å². The van der Waals surface area contributed by atoms with Crippen LogP contribution in [0, 0.1) is 6.92 Å². The topological polar surface area (TPSA) is 84.0 Å². The Hall–Kier alpha value is -2.61. The van der Waals surface area contributed by atoms with Crippen LogP contribution in [0.2, 0.25) is 0 Å². The lowest BCUT2D eigenvalue weighted by atomic mass is 9.96. The first-order valence-corrected chi connectivity index (χ1v) is 11.1. The third kappa shape index (κ3) is 4.07. The highest BCUT2D eigenvalue weighted by molar-refractivity contribution is 7.98. The largest absolute Gasteiger partial charge is 0.462 e. The molecule has 0 amide bonds. The first kappa shape index (κ1) is 19.7. The number of rotatable bonds is 5. The monoisotopic (exact) mass is 411 g/mol. The molecular formula is C21H25N5O2S. The van der Waals surface area contributed by atoms with Gasteiger partial charge in [-0.2, -0.15) is 0 Å². The van der Waals surface area contributed by atoms with E-state index >= 15 is 0 Å². The third-order valence-electron chi connectivity index (χ3n) is 5.26. The number of carbonyl (C=O) groups excluding carboxylic acids is 1. The molecule has 1 saturated heterocycles. The molecule has 2 aromatic heterocycles. The minimum absolute atomic E-state index is 0.330. The normalized spacial score (nSPS) is 15.1. The van der Waals surface area contributed by atoms with Crippen molar-refractivity contribution in [3.63, 3.8) is 0 Å². The van der Waals surface area contributed by atoms with Crippen molar-refractivity contribution >= 4 is 34.6 Å². The number of nitrogens with zero attached hydrogens (tertiary/aromatic N) is 4. The van der Waals surface area contributed by atoms with Gasteiger partial charge in [0.05, 0.1) is 17.6 Å². The lowest BCUT2D eigenvalue weighted by Crippen LogP contribution is -2.35. The quantitative estimate of drug-likeness (QED) is 0.387. The maximum absolute atomic E-state index is 12.4. The second kappa shape index (κ2) is 8.41. The second-order valence-corrected chi connectivity index (χ2v) is 7.99. The fourth-order valence-electron chi connectivity index (χ4n) is 3.75. The smallest absolute Gasteiger partial charge is 0.343 e. The molecular weight excluding hydrogens is 386 g/mol. The number of anilines is 1. The first-order chi connectivity index (χ1) is 14.1. The van der Waals surface area contributed by atoms with Gasteiger partial charge in [0.2, 0.25) is 0 Å². The molecule has 0 unspecified atom stereocenters. The van der Waals surface area contributed by atoms with Gasteiger partial charge in [-0.25, -0.2) is 19.7 Å². The molecule has 8 heteroatoms. The van der Waals surface area contributed by atoms with Crippen LogP contribution in [-0.2, 0) is 4.74 Å². The predicted molar refractivity (Wildman–Crippen MR) is 115 cm³/mol. The number of benzene rings is 1. The Morgan fingerprint density at radius 2 is 2.10 bits per heavy atom. The highest BCUT2D eigenvalue weighted by Gasteiger charge is 2.27. The maximum atomic E-state index is 12.4. The molecule has 1 aliphatic heterocycles. The Balaban J connectivity index is 1.53. The summed E-state index contributed by atoms with van der Waals surface area (Å²) in [4.78, 5) is 31.7. The Bertz CT molecular complexity index is 1030. The Morgan fingerprint density at radius 3 is 2.83 bits per heavy atom. The number of H-pyrrole nitrogens is 1. The van der Waals surface area contributed by atoms with Crippen LogP contribution in [0.5, 0.6) is 0 Å². The zero-order valence-electron chi connectivity index (χ0n) is 16.9. The highest BCUT2D eigenvalue weighted by Crippen LogP contribution is 2.31. The van der Waals surface area contributed by atoms with E-state index in [1.165, 1.54) is 17.3 Å². The molecule has 4 rings (SSSR count). The van der Waals surface area contributed by atoms with Gasteiger partial charge in [0, 0.05) is 25.2 Å². The molecule has 3 heterocycles. The number of esters is 1. The zero-order valence-corrected chi connectivity index (χ0v) is 17.8. The van der Waals surface area contributed by atoms with Crippen molar-refractivity contribution in [3.05, 3.63) is 41.3 Å². The van der Waals surface area contributed by atoms with Crippen molar-refractivity contribution < 1.29 is 9.53 Å². The highest BCUT2D eigenvalue weighted by atomic mass is 32.2. The number of ether oxygens (including phenoxy) is 1. The summed E-state index contributed by atoms with van der Waals surface area (Å²) >= 11 is 1.47. The van der Waals surface area contributed by atoms with Gasteiger partial charge in [0.15, 0.2) is 5.16 Å². The van der Waals surface area contributed by atoms with Crippen molar-refractivity contribution in [2.24, 2.45) is 0 Å². The Labute approximate surface area is 174 Å². The van der Waals surface area contributed by atoms with Crippen molar-refractivity contribution in [1.82, 2.24) is 19.9 Å². The Morgan fingerprint density at radius 1 is 1.31 bits per heavy atom. The van der Waals surface area contributed by atoms with Crippen LogP contribution >= 0.6 is 11.8 Å². The second-order valence-electron chi connectivity index (χ2n) is 7.22. The molecule has 3 aromatic rings. The van der Waals surface area contributed by atoms with E-state index in [1.807, 2.05) is 6.26 Å². The number of piperidine rings is 1. The van der Waals surface area contributed by atoms with E-state index in [2.05, 4.69) is 45.0 Å². The average Bonchev–Trinajstić information content (AvgIpc) is 3.16. The third-order valence-corrected chi connectivity index (χ3v) is 5.82. The minimum Gasteiger partial charge on any atom is -0.462 e. The molecule has 0 aliphatic carbocycles. The van der Waals surface area contributed by atoms with Crippen LogP contribution in [0.3, 0.4) is 0 Å². The van der Waals surface area contributed by atoms with E-state index in [0.29, 0.717) is 29.1 Å². The lowest BCUT2D eigenvalue weighted by molar-refractivity contribution is 0.0526. The number of nitrogens with one attached hydrogen (secondary N) is 1. The number of carbonyl (C=O) groups is 1. The first-order valence-electron chi connectivity index (χ1n) is 9.88. The molecule has 0 radical (unpaired) electrons. The van der Waals surface area contributed by atoms with Gasteiger partial charge in [-0.15, -0.1) is 0 Å². The van der Waals surface area contributed by atoms with Crippen molar-refractivity contribution in [2.75, 3.05) is 30.9 Å². The SMILES string of the molecule is CCOC(=O)c1cnc(SC)nc1N1CCC(c2nc3ccc(C)cc3[nH]2)CC1. The van der Waals surface area contributed by atoms with Crippen molar-refractivity contribution in [3.8, 4) is 0 Å². The molecule has 152 valence electrons. The predicted octanol–water partition coefficient (Wildman–Crippen LogP) is 3.94. The van der Waals surface area contributed by atoms with Gasteiger partial charge in [0.25, 0.3) is 0 Å². The molecule has 0 bridgehead atoms. The van der Waals surface area contributed by atoms with Gasteiger partial charge in [-0.1, -0.05) is 17.8 Å².